The van der Waals surface area contributed by atoms with Gasteiger partial charge in [-0.1, -0.05) is 84.9 Å². The van der Waals surface area contributed by atoms with Crippen LogP contribution in [0.15, 0.2) is 84.9 Å². The van der Waals surface area contributed by atoms with Gasteiger partial charge in [0.2, 0.25) is 10.0 Å². The number of benzene rings is 3. The van der Waals surface area contributed by atoms with E-state index >= 15 is 0 Å². The maximum absolute atomic E-state index is 12.9. The number of carbonyl (C=O) groups excluding carboxylic acids is 1. The number of nitrogens with one attached hydrogen (secondary N) is 1. The molecule has 1 N–H and O–H groups in total. The van der Waals surface area contributed by atoms with Gasteiger partial charge in [0.25, 0.3) is 0 Å². The summed E-state index contributed by atoms with van der Waals surface area (Å²) in [7, 11) is -2.18. The van der Waals surface area contributed by atoms with Crippen LogP contribution in [0.4, 0.5) is 0 Å². The number of esters is 1. The highest BCUT2D eigenvalue weighted by atomic mass is 32.2. The van der Waals surface area contributed by atoms with Gasteiger partial charge < -0.3 is 4.74 Å². The van der Waals surface area contributed by atoms with E-state index in [2.05, 4.69) is 9.46 Å². The Kier molecular flexibility index (Phi) is 7.98. The summed E-state index contributed by atoms with van der Waals surface area (Å²) in [5.74, 6) is -0.295. The van der Waals surface area contributed by atoms with E-state index in [1.807, 2.05) is 72.8 Å². The summed E-state index contributed by atoms with van der Waals surface area (Å²) >= 11 is 0. The number of rotatable bonds is 10. The lowest BCUT2D eigenvalue weighted by Gasteiger charge is -2.20. The number of methoxy groups -OCH3 is 1. The van der Waals surface area contributed by atoms with Gasteiger partial charge in [-0.15, -0.1) is 0 Å². The molecule has 1 unspecified atom stereocenters. The highest BCUT2D eigenvalue weighted by Crippen LogP contribution is 2.24. The van der Waals surface area contributed by atoms with Gasteiger partial charge in [-0.25, -0.2) is 13.1 Å². The Labute approximate surface area is 184 Å². The number of hydrogen-bond donors (Lipinski definition) is 1. The molecule has 1 atom stereocenters. The number of hydrogen-bond acceptors (Lipinski definition) is 4. The highest BCUT2D eigenvalue weighted by Gasteiger charge is 2.21. The number of aryl methyl sites for hydroxylation is 1. The molecule has 162 valence electrons. The SMILES string of the molecule is COC(=O)CCCc1ccc(C(NS(=O)(=O)Cc2ccccc2)c2ccccc2)cc1. The van der Waals surface area contributed by atoms with Crippen LogP contribution in [0.1, 0.15) is 41.1 Å². The lowest BCUT2D eigenvalue weighted by Crippen LogP contribution is -2.30. The van der Waals surface area contributed by atoms with Crippen molar-refractivity contribution in [2.45, 2.75) is 31.1 Å². The molecule has 5 nitrogen and oxygen atoms in total. The Morgan fingerprint density at radius 3 is 2.03 bits per heavy atom. The van der Waals surface area contributed by atoms with Crippen molar-refractivity contribution >= 4 is 16.0 Å². The van der Waals surface area contributed by atoms with Crippen LogP contribution in [-0.4, -0.2) is 21.5 Å². The van der Waals surface area contributed by atoms with E-state index in [1.54, 1.807) is 12.1 Å². The first-order valence-corrected chi connectivity index (χ1v) is 11.9. The quantitative estimate of drug-likeness (QED) is 0.478. The molecule has 0 aliphatic rings. The monoisotopic (exact) mass is 437 g/mol. The van der Waals surface area contributed by atoms with Gasteiger partial charge in [0.05, 0.1) is 18.9 Å². The Hall–Kier alpha value is -2.96. The fourth-order valence-electron chi connectivity index (χ4n) is 3.40. The smallest absolute Gasteiger partial charge is 0.305 e. The van der Waals surface area contributed by atoms with Crippen molar-refractivity contribution < 1.29 is 17.9 Å². The van der Waals surface area contributed by atoms with Crippen molar-refractivity contribution in [1.82, 2.24) is 4.72 Å². The van der Waals surface area contributed by atoms with Crippen LogP contribution in [0, 0.1) is 0 Å². The maximum atomic E-state index is 12.9. The van der Waals surface area contributed by atoms with Gasteiger partial charge in [0, 0.05) is 6.42 Å². The lowest BCUT2D eigenvalue weighted by molar-refractivity contribution is -0.140. The summed E-state index contributed by atoms with van der Waals surface area (Å²) < 4.78 is 33.3. The summed E-state index contributed by atoms with van der Waals surface area (Å²) in [6.07, 6.45) is 1.84. The molecule has 3 rings (SSSR count). The molecule has 31 heavy (non-hydrogen) atoms. The second-order valence-electron chi connectivity index (χ2n) is 7.38. The molecule has 0 saturated carbocycles. The van der Waals surface area contributed by atoms with Crippen molar-refractivity contribution in [1.29, 1.82) is 0 Å². The zero-order valence-electron chi connectivity index (χ0n) is 17.5. The van der Waals surface area contributed by atoms with Crippen LogP contribution in [0.3, 0.4) is 0 Å². The number of ether oxygens (including phenoxy) is 1. The third-order valence-corrected chi connectivity index (χ3v) is 6.33. The molecule has 0 fully saturated rings. The average Bonchev–Trinajstić information content (AvgIpc) is 2.79. The van der Waals surface area contributed by atoms with Gasteiger partial charge in [-0.3, -0.25) is 4.79 Å². The normalized spacial score (nSPS) is 12.3. The Morgan fingerprint density at radius 1 is 0.839 bits per heavy atom. The molecule has 0 bridgehead atoms. The molecule has 0 saturated heterocycles. The molecular formula is C25H27NO4S. The Morgan fingerprint density at radius 2 is 1.42 bits per heavy atom. The zero-order valence-corrected chi connectivity index (χ0v) is 18.3. The minimum atomic E-state index is -3.57. The fraction of sp³-hybridized carbons (Fsp3) is 0.240. The minimum Gasteiger partial charge on any atom is -0.469 e. The minimum absolute atomic E-state index is 0.0806. The second-order valence-corrected chi connectivity index (χ2v) is 9.13. The van der Waals surface area contributed by atoms with Gasteiger partial charge in [0.1, 0.15) is 0 Å². The lowest BCUT2D eigenvalue weighted by atomic mass is 9.97. The van der Waals surface area contributed by atoms with Crippen molar-refractivity contribution in [3.63, 3.8) is 0 Å². The molecule has 0 heterocycles. The molecule has 0 spiro atoms. The molecule has 0 aliphatic heterocycles. The Bertz CT molecular complexity index is 1070. The second kappa shape index (κ2) is 10.9. The molecule has 0 amide bonds. The molecule has 0 aromatic heterocycles. The van der Waals surface area contributed by atoms with Gasteiger partial charge in [0.15, 0.2) is 0 Å². The first-order valence-electron chi connectivity index (χ1n) is 10.2. The van der Waals surface area contributed by atoms with Gasteiger partial charge in [-0.2, -0.15) is 0 Å². The first kappa shape index (κ1) is 22.7. The fourth-order valence-corrected chi connectivity index (χ4v) is 4.75. The topological polar surface area (TPSA) is 72.5 Å². The third-order valence-electron chi connectivity index (χ3n) is 5.02. The average molecular weight is 438 g/mol. The van der Waals surface area contributed by atoms with E-state index in [0.29, 0.717) is 12.8 Å². The van der Waals surface area contributed by atoms with Crippen LogP contribution >= 0.6 is 0 Å². The largest absolute Gasteiger partial charge is 0.469 e. The van der Waals surface area contributed by atoms with E-state index in [9.17, 15) is 13.2 Å². The summed E-state index contributed by atoms with van der Waals surface area (Å²) in [5, 5.41) is 0. The predicted octanol–water partition coefficient (Wildman–Crippen LogP) is 4.39. The summed E-state index contributed by atoms with van der Waals surface area (Å²) in [6.45, 7) is 0. The summed E-state index contributed by atoms with van der Waals surface area (Å²) in [4.78, 5) is 11.3. The number of carbonyl (C=O) groups is 1. The molecule has 6 heteroatoms. The molecule has 3 aromatic rings. The number of sulfonamides is 1. The van der Waals surface area contributed by atoms with Crippen molar-refractivity contribution in [3.05, 3.63) is 107 Å². The van der Waals surface area contributed by atoms with Crippen molar-refractivity contribution in [3.8, 4) is 0 Å². The van der Waals surface area contributed by atoms with E-state index < -0.39 is 16.1 Å². The highest BCUT2D eigenvalue weighted by molar-refractivity contribution is 7.88. The summed E-state index contributed by atoms with van der Waals surface area (Å²) in [6, 6.07) is 26.0. The van der Waals surface area contributed by atoms with Crippen LogP contribution in [0.5, 0.6) is 0 Å². The summed E-state index contributed by atoms with van der Waals surface area (Å²) in [5.41, 5.74) is 3.56. The van der Waals surface area contributed by atoms with E-state index in [-0.39, 0.29) is 11.7 Å². The van der Waals surface area contributed by atoms with E-state index in [1.165, 1.54) is 7.11 Å². The Balaban J connectivity index is 1.77. The maximum Gasteiger partial charge on any atom is 0.305 e. The molecule has 0 radical (unpaired) electrons. The van der Waals surface area contributed by atoms with Crippen LogP contribution < -0.4 is 4.72 Å². The predicted molar refractivity (Wildman–Crippen MR) is 122 cm³/mol. The van der Waals surface area contributed by atoms with E-state index in [4.69, 9.17) is 0 Å². The van der Waals surface area contributed by atoms with Crippen LogP contribution in [0.25, 0.3) is 0 Å². The first-order chi connectivity index (χ1) is 15.0. The van der Waals surface area contributed by atoms with Crippen LogP contribution in [0.2, 0.25) is 0 Å². The van der Waals surface area contributed by atoms with Gasteiger partial charge >= 0.3 is 5.97 Å². The molecular weight excluding hydrogens is 410 g/mol. The van der Waals surface area contributed by atoms with Crippen molar-refractivity contribution in [2.75, 3.05) is 7.11 Å². The van der Waals surface area contributed by atoms with E-state index in [0.717, 1.165) is 28.7 Å². The molecule has 3 aromatic carbocycles. The standard InChI is InChI=1S/C25H27NO4S/c1-30-24(27)14-8-11-20-15-17-23(18-16-20)25(22-12-6-3-7-13-22)26-31(28,29)19-21-9-4-2-5-10-21/h2-7,9-10,12-13,15-18,25-26H,8,11,14,19H2,1H3. The zero-order chi connectivity index (χ0) is 22.1. The van der Waals surface area contributed by atoms with Crippen LogP contribution in [-0.2, 0) is 31.7 Å². The third kappa shape index (κ3) is 7.05. The van der Waals surface area contributed by atoms with Gasteiger partial charge in [-0.05, 0) is 35.1 Å². The van der Waals surface area contributed by atoms with Crippen molar-refractivity contribution in [2.24, 2.45) is 0 Å². The molecule has 0 aliphatic carbocycles.